The molecule has 0 aliphatic rings. The third kappa shape index (κ3) is 4.37. The quantitative estimate of drug-likeness (QED) is 0.725. The van der Waals surface area contributed by atoms with Gasteiger partial charge in [-0.15, -0.1) is 21.5 Å². The van der Waals surface area contributed by atoms with E-state index in [0.29, 0.717) is 17.8 Å². The van der Waals surface area contributed by atoms with E-state index in [2.05, 4.69) is 61.2 Å². The highest BCUT2D eigenvalue weighted by Gasteiger charge is 2.13. The van der Waals surface area contributed by atoms with Gasteiger partial charge in [-0.1, -0.05) is 13.8 Å². The monoisotopic (exact) mass is 407 g/mol. The molecule has 2 aromatic heterocycles. The van der Waals surface area contributed by atoms with E-state index in [1.54, 1.807) is 11.3 Å². The molecule has 2 heterocycles. The summed E-state index contributed by atoms with van der Waals surface area (Å²) in [6.45, 7) is 5.24. The molecule has 0 fully saturated rings. The minimum atomic E-state index is 0.513. The van der Waals surface area contributed by atoms with E-state index in [-0.39, 0.29) is 0 Å². The first-order valence-corrected chi connectivity index (χ1v) is 8.47. The standard InChI is InChI=1S/C12H15Br2N3OS/c1-7(2)15-5-3-4-10-16-17-12(18-10)9-6-8(13)11(14)19-9/h6-7,15H,3-5H2,1-2H3. The van der Waals surface area contributed by atoms with E-state index in [1.165, 1.54) is 0 Å². The second-order valence-corrected chi connectivity index (χ2v) is 7.67. The molecule has 0 bridgehead atoms. The largest absolute Gasteiger partial charge is 0.420 e. The first-order chi connectivity index (χ1) is 9.06. The van der Waals surface area contributed by atoms with E-state index in [4.69, 9.17) is 4.42 Å². The van der Waals surface area contributed by atoms with Gasteiger partial charge < -0.3 is 9.73 Å². The van der Waals surface area contributed by atoms with Crippen LogP contribution in [0.2, 0.25) is 0 Å². The van der Waals surface area contributed by atoms with Crippen LogP contribution in [0.4, 0.5) is 0 Å². The van der Waals surface area contributed by atoms with E-state index in [0.717, 1.165) is 32.5 Å². The number of thiophene rings is 1. The van der Waals surface area contributed by atoms with Crippen molar-refractivity contribution in [3.8, 4) is 10.8 Å². The molecule has 0 saturated carbocycles. The summed E-state index contributed by atoms with van der Waals surface area (Å²) in [7, 11) is 0. The SMILES string of the molecule is CC(C)NCCCc1nnc(-c2cc(Br)c(Br)s2)o1. The van der Waals surface area contributed by atoms with Crippen molar-refractivity contribution >= 4 is 43.2 Å². The van der Waals surface area contributed by atoms with Crippen LogP contribution in [0, 0.1) is 0 Å². The van der Waals surface area contributed by atoms with Crippen LogP contribution in [0.15, 0.2) is 18.7 Å². The minimum absolute atomic E-state index is 0.513. The minimum Gasteiger partial charge on any atom is -0.420 e. The zero-order chi connectivity index (χ0) is 13.8. The molecular weight excluding hydrogens is 394 g/mol. The van der Waals surface area contributed by atoms with Crippen LogP contribution in [0.5, 0.6) is 0 Å². The maximum absolute atomic E-state index is 5.66. The second-order valence-electron chi connectivity index (χ2n) is 4.45. The maximum Gasteiger partial charge on any atom is 0.257 e. The van der Waals surface area contributed by atoms with Crippen LogP contribution in [0.1, 0.15) is 26.2 Å². The van der Waals surface area contributed by atoms with Gasteiger partial charge in [0.05, 0.1) is 8.66 Å². The third-order valence-corrected chi connectivity index (χ3v) is 5.69. The lowest BCUT2D eigenvalue weighted by Crippen LogP contribution is -2.23. The molecule has 4 nitrogen and oxygen atoms in total. The van der Waals surface area contributed by atoms with Crippen LogP contribution in [-0.4, -0.2) is 22.8 Å². The van der Waals surface area contributed by atoms with Crippen molar-refractivity contribution in [3.63, 3.8) is 0 Å². The Kier molecular flexibility index (Phi) is 5.56. The van der Waals surface area contributed by atoms with Gasteiger partial charge in [-0.2, -0.15) is 0 Å². The molecule has 2 rings (SSSR count). The molecule has 0 spiro atoms. The van der Waals surface area contributed by atoms with Gasteiger partial charge >= 0.3 is 0 Å². The Labute approximate surface area is 133 Å². The number of hydrogen-bond acceptors (Lipinski definition) is 5. The summed E-state index contributed by atoms with van der Waals surface area (Å²) in [5, 5.41) is 11.5. The van der Waals surface area contributed by atoms with Gasteiger partial charge in [-0.3, -0.25) is 0 Å². The predicted octanol–water partition coefficient (Wildman–Crippen LogP) is 4.25. The maximum atomic E-state index is 5.66. The molecule has 0 unspecified atom stereocenters. The lowest BCUT2D eigenvalue weighted by atomic mass is 10.3. The number of halogens is 2. The van der Waals surface area contributed by atoms with Crippen LogP contribution >= 0.6 is 43.2 Å². The van der Waals surface area contributed by atoms with Crippen LogP contribution in [0.25, 0.3) is 10.8 Å². The van der Waals surface area contributed by atoms with E-state index >= 15 is 0 Å². The number of aromatic nitrogens is 2. The zero-order valence-corrected chi connectivity index (χ0v) is 14.7. The Balaban J connectivity index is 1.92. The van der Waals surface area contributed by atoms with Gasteiger partial charge in [0.1, 0.15) is 0 Å². The molecule has 0 amide bonds. The normalized spacial score (nSPS) is 11.4. The van der Waals surface area contributed by atoms with Gasteiger partial charge in [0.2, 0.25) is 5.89 Å². The molecule has 0 atom stereocenters. The predicted molar refractivity (Wildman–Crippen MR) is 84.5 cm³/mol. The second kappa shape index (κ2) is 6.97. The Morgan fingerprint density at radius 1 is 1.37 bits per heavy atom. The molecule has 0 saturated heterocycles. The molecule has 0 aliphatic carbocycles. The third-order valence-electron chi connectivity index (χ3n) is 2.44. The Morgan fingerprint density at radius 3 is 2.79 bits per heavy atom. The Hall–Kier alpha value is -0.240. The lowest BCUT2D eigenvalue weighted by Gasteiger charge is -2.05. The average Bonchev–Trinajstić information content (AvgIpc) is 2.93. The van der Waals surface area contributed by atoms with Crippen molar-refractivity contribution < 1.29 is 4.42 Å². The van der Waals surface area contributed by atoms with Crippen molar-refractivity contribution in [2.24, 2.45) is 0 Å². The fourth-order valence-electron chi connectivity index (χ4n) is 1.54. The van der Waals surface area contributed by atoms with Crippen molar-refractivity contribution in [2.45, 2.75) is 32.7 Å². The highest BCUT2D eigenvalue weighted by atomic mass is 79.9. The fraction of sp³-hybridized carbons (Fsp3) is 0.500. The molecule has 104 valence electrons. The molecule has 1 N–H and O–H groups in total. The smallest absolute Gasteiger partial charge is 0.257 e. The van der Waals surface area contributed by atoms with Gasteiger partial charge in [-0.05, 0) is 50.9 Å². The lowest BCUT2D eigenvalue weighted by molar-refractivity contribution is 0.484. The number of nitrogens with one attached hydrogen (secondary N) is 1. The zero-order valence-electron chi connectivity index (χ0n) is 10.7. The summed E-state index contributed by atoms with van der Waals surface area (Å²) in [6, 6.07) is 2.49. The van der Waals surface area contributed by atoms with Crippen molar-refractivity contribution in [2.75, 3.05) is 6.54 Å². The molecule has 19 heavy (non-hydrogen) atoms. The van der Waals surface area contributed by atoms with E-state index in [1.807, 2.05) is 6.07 Å². The molecule has 2 aromatic rings. The Bertz CT molecular complexity index is 519. The summed E-state index contributed by atoms with van der Waals surface area (Å²) in [5.41, 5.74) is 0. The molecule has 0 radical (unpaired) electrons. The van der Waals surface area contributed by atoms with Crippen LogP contribution in [0.3, 0.4) is 0 Å². The summed E-state index contributed by atoms with van der Waals surface area (Å²) in [5.74, 6) is 1.28. The average molecular weight is 409 g/mol. The summed E-state index contributed by atoms with van der Waals surface area (Å²) >= 11 is 8.48. The highest BCUT2D eigenvalue weighted by molar-refractivity contribution is 9.13. The van der Waals surface area contributed by atoms with E-state index < -0.39 is 0 Å². The summed E-state index contributed by atoms with van der Waals surface area (Å²) in [6.07, 6.45) is 1.80. The van der Waals surface area contributed by atoms with Gasteiger partial charge in [-0.25, -0.2) is 0 Å². The van der Waals surface area contributed by atoms with Crippen LogP contribution < -0.4 is 5.32 Å². The first-order valence-electron chi connectivity index (χ1n) is 6.07. The fourth-order valence-corrected chi connectivity index (χ4v) is 3.49. The molecule has 0 aromatic carbocycles. The number of rotatable bonds is 6. The number of aryl methyl sites for hydroxylation is 1. The number of hydrogen-bond donors (Lipinski definition) is 1. The summed E-state index contributed by atoms with van der Waals surface area (Å²) < 4.78 is 7.70. The van der Waals surface area contributed by atoms with Crippen molar-refractivity contribution in [1.82, 2.24) is 15.5 Å². The van der Waals surface area contributed by atoms with Crippen LogP contribution in [-0.2, 0) is 6.42 Å². The van der Waals surface area contributed by atoms with Crippen molar-refractivity contribution in [3.05, 3.63) is 20.2 Å². The van der Waals surface area contributed by atoms with Gasteiger partial charge in [0, 0.05) is 16.9 Å². The van der Waals surface area contributed by atoms with E-state index in [9.17, 15) is 0 Å². The molecular formula is C12H15Br2N3OS. The van der Waals surface area contributed by atoms with Gasteiger partial charge in [0.25, 0.3) is 5.89 Å². The molecule has 7 heteroatoms. The first kappa shape index (κ1) is 15.2. The van der Waals surface area contributed by atoms with Gasteiger partial charge in [0.15, 0.2) is 0 Å². The Morgan fingerprint density at radius 2 is 2.16 bits per heavy atom. The molecule has 0 aliphatic heterocycles. The highest BCUT2D eigenvalue weighted by Crippen LogP contribution is 2.37. The number of nitrogens with zero attached hydrogens (tertiary/aromatic N) is 2. The summed E-state index contributed by atoms with van der Waals surface area (Å²) in [4.78, 5) is 0.970. The topological polar surface area (TPSA) is 51.0 Å². The van der Waals surface area contributed by atoms with Crippen molar-refractivity contribution in [1.29, 1.82) is 0 Å².